The number of rotatable bonds is 8. The lowest BCUT2D eigenvalue weighted by atomic mass is 9.91. The molecule has 4 aromatic carbocycles. The smallest absolute Gasteiger partial charge is 0.328 e. The van der Waals surface area contributed by atoms with Crippen molar-refractivity contribution in [1.82, 2.24) is 0 Å². The molecule has 0 spiro atoms. The summed E-state index contributed by atoms with van der Waals surface area (Å²) < 4.78 is 6.51. The van der Waals surface area contributed by atoms with Crippen molar-refractivity contribution in [3.8, 4) is 28.4 Å². The first-order valence-electron chi connectivity index (χ1n) is 11.1. The van der Waals surface area contributed by atoms with Gasteiger partial charge in [0.1, 0.15) is 17.2 Å². The second-order valence-electron chi connectivity index (χ2n) is 7.95. The Morgan fingerprint density at radius 3 is 2.39 bits per heavy atom. The minimum atomic E-state index is -0.982. The van der Waals surface area contributed by atoms with Gasteiger partial charge in [-0.2, -0.15) is 0 Å². The van der Waals surface area contributed by atoms with Crippen molar-refractivity contribution in [2.45, 2.75) is 26.2 Å². The molecule has 4 heteroatoms. The number of carbonyl (C=O) groups is 1. The quantitative estimate of drug-likeness (QED) is 0.280. The highest BCUT2D eigenvalue weighted by atomic mass is 16.5. The molecule has 0 amide bonds. The minimum Gasteiger partial charge on any atom is -0.508 e. The molecule has 0 aromatic heterocycles. The van der Waals surface area contributed by atoms with Gasteiger partial charge in [-0.1, -0.05) is 67.9 Å². The molecule has 0 aliphatic heterocycles. The van der Waals surface area contributed by atoms with Gasteiger partial charge in [-0.25, -0.2) is 4.79 Å². The molecular formula is C29H26O4. The molecule has 4 aromatic rings. The molecule has 0 bridgehead atoms. The van der Waals surface area contributed by atoms with Gasteiger partial charge >= 0.3 is 5.97 Å². The third kappa shape index (κ3) is 5.24. The molecular weight excluding hydrogens is 412 g/mol. The molecule has 0 aliphatic rings. The number of fused-ring (bicyclic) bond motifs is 1. The van der Waals surface area contributed by atoms with Crippen LogP contribution in [0.3, 0.4) is 0 Å². The predicted octanol–water partition coefficient (Wildman–Crippen LogP) is 7.45. The molecule has 4 nitrogen and oxygen atoms in total. The van der Waals surface area contributed by atoms with Gasteiger partial charge in [0, 0.05) is 17.0 Å². The number of hydrogen-bond donors (Lipinski definition) is 2. The molecule has 0 radical (unpaired) electrons. The summed E-state index contributed by atoms with van der Waals surface area (Å²) in [4.78, 5) is 10.8. The van der Waals surface area contributed by atoms with E-state index in [4.69, 9.17) is 9.84 Å². The van der Waals surface area contributed by atoms with Crippen molar-refractivity contribution in [2.75, 3.05) is 0 Å². The van der Waals surface area contributed by atoms with Crippen LogP contribution in [0.5, 0.6) is 17.2 Å². The topological polar surface area (TPSA) is 66.8 Å². The van der Waals surface area contributed by atoms with Crippen molar-refractivity contribution in [2.24, 2.45) is 0 Å². The number of carboxylic acids is 1. The first-order valence-corrected chi connectivity index (χ1v) is 11.1. The number of aliphatic carboxylic acids is 1. The Labute approximate surface area is 193 Å². The third-order valence-corrected chi connectivity index (χ3v) is 5.56. The molecule has 2 N–H and O–H groups in total. The summed E-state index contributed by atoms with van der Waals surface area (Å²) in [6, 6.07) is 25.0. The molecule has 0 atom stereocenters. The first-order chi connectivity index (χ1) is 16.0. The van der Waals surface area contributed by atoms with Crippen LogP contribution in [0.1, 0.15) is 30.9 Å². The van der Waals surface area contributed by atoms with Crippen LogP contribution < -0.4 is 4.74 Å². The number of benzene rings is 4. The Balaban J connectivity index is 1.85. The zero-order valence-corrected chi connectivity index (χ0v) is 18.5. The summed E-state index contributed by atoms with van der Waals surface area (Å²) in [5.41, 5.74) is 4.00. The number of ether oxygens (including phenoxy) is 1. The lowest BCUT2D eigenvalue weighted by Gasteiger charge is -2.19. The Hall–Kier alpha value is -4.05. The van der Waals surface area contributed by atoms with Gasteiger partial charge in [0.05, 0.1) is 0 Å². The second-order valence-corrected chi connectivity index (χ2v) is 7.95. The van der Waals surface area contributed by atoms with E-state index in [1.165, 1.54) is 5.56 Å². The Morgan fingerprint density at radius 2 is 1.70 bits per heavy atom. The van der Waals surface area contributed by atoms with E-state index in [9.17, 15) is 9.90 Å². The van der Waals surface area contributed by atoms with E-state index < -0.39 is 5.97 Å². The maximum absolute atomic E-state index is 10.8. The van der Waals surface area contributed by atoms with Gasteiger partial charge in [-0.3, -0.25) is 0 Å². The average Bonchev–Trinajstić information content (AvgIpc) is 2.83. The maximum Gasteiger partial charge on any atom is 0.328 e. The monoisotopic (exact) mass is 438 g/mol. The maximum atomic E-state index is 10.8. The van der Waals surface area contributed by atoms with Crippen molar-refractivity contribution < 1.29 is 19.7 Å². The fourth-order valence-corrected chi connectivity index (χ4v) is 3.92. The lowest BCUT2D eigenvalue weighted by Crippen LogP contribution is -1.97. The highest BCUT2D eigenvalue weighted by Crippen LogP contribution is 2.43. The second kappa shape index (κ2) is 10.0. The standard InChI is InChI=1S/C29H26O4/c1-2-3-6-23-19-22-7-4-5-8-26(22)29(28(23)21-12-14-24(30)15-13-21)33-25-16-9-20(10-17-25)11-18-27(31)32/h4-5,7-19,30H,2-3,6H2,1H3,(H,31,32)/b18-11+. The summed E-state index contributed by atoms with van der Waals surface area (Å²) >= 11 is 0. The number of phenolic OH excluding ortho intramolecular Hbond substituents is 1. The van der Waals surface area contributed by atoms with E-state index in [-0.39, 0.29) is 5.75 Å². The largest absolute Gasteiger partial charge is 0.508 e. The van der Waals surface area contributed by atoms with Crippen LogP contribution in [-0.2, 0) is 11.2 Å². The fourth-order valence-electron chi connectivity index (χ4n) is 3.92. The summed E-state index contributed by atoms with van der Waals surface area (Å²) in [6.45, 7) is 2.18. The van der Waals surface area contributed by atoms with E-state index in [0.717, 1.165) is 58.6 Å². The van der Waals surface area contributed by atoms with Crippen LogP contribution in [0.15, 0.2) is 84.9 Å². The molecule has 0 heterocycles. The predicted molar refractivity (Wildman–Crippen MR) is 133 cm³/mol. The summed E-state index contributed by atoms with van der Waals surface area (Å²) in [5.74, 6) is 0.686. The number of hydrogen-bond acceptors (Lipinski definition) is 3. The van der Waals surface area contributed by atoms with Crippen LogP contribution in [0.25, 0.3) is 28.0 Å². The normalized spacial score (nSPS) is 11.2. The third-order valence-electron chi connectivity index (χ3n) is 5.56. The molecule has 0 saturated carbocycles. The number of carboxylic acid groups (broad SMARTS) is 1. The van der Waals surface area contributed by atoms with Gasteiger partial charge in [0.15, 0.2) is 0 Å². The van der Waals surface area contributed by atoms with E-state index in [1.807, 2.05) is 48.5 Å². The first kappa shape index (κ1) is 22.2. The molecule has 0 unspecified atom stereocenters. The van der Waals surface area contributed by atoms with Crippen molar-refractivity contribution >= 4 is 22.8 Å². The number of phenols is 1. The molecule has 0 fully saturated rings. The van der Waals surface area contributed by atoms with Gasteiger partial charge < -0.3 is 14.9 Å². The minimum absolute atomic E-state index is 0.224. The van der Waals surface area contributed by atoms with Crippen LogP contribution in [0.2, 0.25) is 0 Å². The van der Waals surface area contributed by atoms with E-state index in [2.05, 4.69) is 25.1 Å². The average molecular weight is 439 g/mol. The highest BCUT2D eigenvalue weighted by molar-refractivity contribution is 5.97. The van der Waals surface area contributed by atoms with Crippen LogP contribution in [0.4, 0.5) is 0 Å². The summed E-state index contributed by atoms with van der Waals surface area (Å²) in [5, 5.41) is 20.8. The van der Waals surface area contributed by atoms with Gasteiger partial charge in [0.25, 0.3) is 0 Å². The Bertz CT molecular complexity index is 1290. The highest BCUT2D eigenvalue weighted by Gasteiger charge is 2.17. The van der Waals surface area contributed by atoms with Crippen LogP contribution in [-0.4, -0.2) is 16.2 Å². The fraction of sp³-hybridized carbons (Fsp3) is 0.138. The zero-order chi connectivity index (χ0) is 23.2. The van der Waals surface area contributed by atoms with Crippen LogP contribution >= 0.6 is 0 Å². The van der Waals surface area contributed by atoms with Gasteiger partial charge in [0.2, 0.25) is 0 Å². The Morgan fingerprint density at radius 1 is 0.970 bits per heavy atom. The summed E-state index contributed by atoms with van der Waals surface area (Å²) in [7, 11) is 0. The van der Waals surface area contributed by atoms with Crippen molar-refractivity contribution in [1.29, 1.82) is 0 Å². The summed E-state index contributed by atoms with van der Waals surface area (Å²) in [6.07, 6.45) is 5.74. The molecule has 0 aliphatic carbocycles. The molecule has 166 valence electrons. The number of aryl methyl sites for hydroxylation is 1. The van der Waals surface area contributed by atoms with Crippen molar-refractivity contribution in [3.05, 3.63) is 96.1 Å². The molecule has 0 saturated heterocycles. The van der Waals surface area contributed by atoms with E-state index in [1.54, 1.807) is 18.2 Å². The molecule has 4 rings (SSSR count). The van der Waals surface area contributed by atoms with Gasteiger partial charge in [-0.15, -0.1) is 0 Å². The number of unbranched alkanes of at least 4 members (excludes halogenated alkanes) is 1. The van der Waals surface area contributed by atoms with Crippen LogP contribution in [0, 0.1) is 0 Å². The van der Waals surface area contributed by atoms with Gasteiger partial charge in [-0.05, 0) is 65.3 Å². The van der Waals surface area contributed by atoms with E-state index in [0.29, 0.717) is 5.75 Å². The van der Waals surface area contributed by atoms with E-state index >= 15 is 0 Å². The lowest BCUT2D eigenvalue weighted by molar-refractivity contribution is -0.131. The Kier molecular flexibility index (Phi) is 6.75. The SMILES string of the molecule is CCCCc1cc2ccccc2c(Oc2ccc(/C=C/C(=O)O)cc2)c1-c1ccc(O)cc1. The molecule has 33 heavy (non-hydrogen) atoms. The zero-order valence-electron chi connectivity index (χ0n) is 18.5. The number of aromatic hydroxyl groups is 1. The van der Waals surface area contributed by atoms with Crippen molar-refractivity contribution in [3.63, 3.8) is 0 Å².